The number of hydrogen-bond donors (Lipinski definition) is 3. The van der Waals surface area contributed by atoms with Gasteiger partial charge in [-0.15, -0.1) is 0 Å². The minimum absolute atomic E-state index is 0.0291. The van der Waals surface area contributed by atoms with E-state index in [1.807, 2.05) is 4.90 Å². The van der Waals surface area contributed by atoms with Crippen LogP contribution < -0.4 is 5.32 Å². The Balaban J connectivity index is 1.88. The molecule has 0 saturated carbocycles. The smallest absolute Gasteiger partial charge is 0.217 e. The van der Waals surface area contributed by atoms with E-state index >= 15 is 0 Å². The van der Waals surface area contributed by atoms with E-state index < -0.39 is 0 Å². The van der Waals surface area contributed by atoms with E-state index in [1.165, 1.54) is 19.1 Å². The molecule has 0 aromatic heterocycles. The molecule has 3 N–H and O–H groups in total. The molecule has 0 bridgehead atoms. The fourth-order valence-electron chi connectivity index (χ4n) is 2.57. The molecule has 1 heterocycles. The number of piperidine rings is 1. The largest absolute Gasteiger partial charge is 0.508 e. The van der Waals surface area contributed by atoms with Gasteiger partial charge in [-0.3, -0.25) is 14.5 Å². The molecule has 1 aromatic carbocycles. The third-order valence-electron chi connectivity index (χ3n) is 3.64. The number of ketones is 1. The van der Waals surface area contributed by atoms with E-state index in [1.54, 1.807) is 0 Å². The first kappa shape index (κ1) is 15.3. The molecule has 114 valence electrons. The number of nitrogens with zero attached hydrogens (tertiary/aromatic N) is 1. The number of carbonyl (C=O) groups excluding carboxylic acids is 2. The first-order valence-electron chi connectivity index (χ1n) is 7.00. The standard InChI is InChI=1S/C15H20N2O4/c1-10(18)16-11-4-6-17(7-5-11)9-15(21)13-3-2-12(19)8-14(13)20/h2-3,8,11,19-20H,4-7,9H2,1H3,(H,16,18). The van der Waals surface area contributed by atoms with Crippen LogP contribution in [-0.2, 0) is 4.79 Å². The van der Waals surface area contributed by atoms with Crippen molar-refractivity contribution in [2.45, 2.75) is 25.8 Å². The zero-order valence-electron chi connectivity index (χ0n) is 12.0. The van der Waals surface area contributed by atoms with E-state index in [0.717, 1.165) is 32.0 Å². The number of phenols is 2. The van der Waals surface area contributed by atoms with Crippen molar-refractivity contribution in [2.75, 3.05) is 19.6 Å². The summed E-state index contributed by atoms with van der Waals surface area (Å²) in [6.07, 6.45) is 1.63. The molecule has 0 radical (unpaired) electrons. The van der Waals surface area contributed by atoms with Gasteiger partial charge >= 0.3 is 0 Å². The fourth-order valence-corrected chi connectivity index (χ4v) is 2.57. The molecule has 1 fully saturated rings. The van der Waals surface area contributed by atoms with Crippen LogP contribution in [0.4, 0.5) is 0 Å². The highest BCUT2D eigenvalue weighted by atomic mass is 16.3. The average Bonchev–Trinajstić information content (AvgIpc) is 2.40. The maximum Gasteiger partial charge on any atom is 0.217 e. The summed E-state index contributed by atoms with van der Waals surface area (Å²) in [4.78, 5) is 25.2. The minimum atomic E-state index is -0.201. The van der Waals surface area contributed by atoms with Crippen LogP contribution in [-0.4, -0.2) is 52.5 Å². The predicted octanol–water partition coefficient (Wildman–Crippen LogP) is 0.881. The first-order valence-corrected chi connectivity index (χ1v) is 7.00. The van der Waals surface area contributed by atoms with Gasteiger partial charge in [-0.05, 0) is 25.0 Å². The topological polar surface area (TPSA) is 89.9 Å². The molecule has 0 spiro atoms. The summed E-state index contributed by atoms with van der Waals surface area (Å²) < 4.78 is 0. The number of benzene rings is 1. The Labute approximate surface area is 123 Å². The van der Waals surface area contributed by atoms with Gasteiger partial charge in [0.2, 0.25) is 5.91 Å². The van der Waals surface area contributed by atoms with E-state index in [4.69, 9.17) is 0 Å². The van der Waals surface area contributed by atoms with Gasteiger partial charge < -0.3 is 15.5 Å². The number of nitrogens with one attached hydrogen (secondary N) is 1. The van der Waals surface area contributed by atoms with Gasteiger partial charge in [0.05, 0.1) is 12.1 Å². The first-order chi connectivity index (χ1) is 9.95. The summed E-state index contributed by atoms with van der Waals surface area (Å²) in [5.41, 5.74) is 0.219. The summed E-state index contributed by atoms with van der Waals surface area (Å²) in [7, 11) is 0. The Kier molecular flexibility index (Phi) is 4.80. The van der Waals surface area contributed by atoms with Crippen molar-refractivity contribution in [3.63, 3.8) is 0 Å². The highest BCUT2D eigenvalue weighted by Crippen LogP contribution is 2.23. The molecule has 1 saturated heterocycles. The second kappa shape index (κ2) is 6.58. The molecule has 6 nitrogen and oxygen atoms in total. The van der Waals surface area contributed by atoms with Crippen molar-refractivity contribution in [3.05, 3.63) is 23.8 Å². The van der Waals surface area contributed by atoms with Gasteiger partial charge in [-0.1, -0.05) is 0 Å². The van der Waals surface area contributed by atoms with Crippen molar-refractivity contribution in [2.24, 2.45) is 0 Å². The van der Waals surface area contributed by atoms with Crippen molar-refractivity contribution in [1.29, 1.82) is 0 Å². The Morgan fingerprint density at radius 1 is 1.29 bits per heavy atom. The lowest BCUT2D eigenvalue weighted by atomic mass is 10.0. The van der Waals surface area contributed by atoms with Gasteiger partial charge in [-0.25, -0.2) is 0 Å². The molecule has 1 aliphatic rings. The third kappa shape index (κ3) is 4.19. The maximum atomic E-state index is 12.2. The summed E-state index contributed by atoms with van der Waals surface area (Å²) in [6.45, 7) is 3.19. The number of carbonyl (C=O) groups is 2. The molecule has 1 aromatic rings. The quantitative estimate of drug-likeness (QED) is 0.717. The SMILES string of the molecule is CC(=O)NC1CCN(CC(=O)c2ccc(O)cc2O)CC1. The lowest BCUT2D eigenvalue weighted by Crippen LogP contribution is -2.45. The number of phenolic OH excluding ortho intramolecular Hbond substituents is 2. The van der Waals surface area contributed by atoms with Crippen molar-refractivity contribution >= 4 is 11.7 Å². The normalized spacial score (nSPS) is 16.6. The second-order valence-corrected chi connectivity index (χ2v) is 5.38. The van der Waals surface area contributed by atoms with Crippen LogP contribution in [0.3, 0.4) is 0 Å². The minimum Gasteiger partial charge on any atom is -0.508 e. The molecule has 21 heavy (non-hydrogen) atoms. The number of hydrogen-bond acceptors (Lipinski definition) is 5. The van der Waals surface area contributed by atoms with Crippen LogP contribution in [0.2, 0.25) is 0 Å². The van der Waals surface area contributed by atoms with Crippen molar-refractivity contribution in [1.82, 2.24) is 10.2 Å². The molecule has 1 amide bonds. The molecular weight excluding hydrogens is 272 g/mol. The fraction of sp³-hybridized carbons (Fsp3) is 0.467. The number of likely N-dealkylation sites (tertiary alicyclic amines) is 1. The van der Waals surface area contributed by atoms with E-state index in [9.17, 15) is 19.8 Å². The van der Waals surface area contributed by atoms with E-state index in [0.29, 0.717) is 0 Å². The van der Waals surface area contributed by atoms with E-state index in [2.05, 4.69) is 5.32 Å². The van der Waals surface area contributed by atoms with Crippen LogP contribution in [0.1, 0.15) is 30.1 Å². The second-order valence-electron chi connectivity index (χ2n) is 5.38. The zero-order chi connectivity index (χ0) is 15.4. The Hall–Kier alpha value is -2.08. The summed E-state index contributed by atoms with van der Waals surface area (Å²) in [5, 5.41) is 21.8. The molecular formula is C15H20N2O4. The number of rotatable bonds is 4. The zero-order valence-corrected chi connectivity index (χ0v) is 12.0. The summed E-state index contributed by atoms with van der Waals surface area (Å²) >= 11 is 0. The highest BCUT2D eigenvalue weighted by Gasteiger charge is 2.22. The number of amides is 1. The summed E-state index contributed by atoms with van der Waals surface area (Å²) in [6, 6.07) is 4.15. The number of Topliss-reactive ketones (excluding diaryl/α,β-unsaturated/α-hetero) is 1. The monoisotopic (exact) mass is 292 g/mol. The van der Waals surface area contributed by atoms with Crippen LogP contribution in [0.5, 0.6) is 11.5 Å². The Morgan fingerprint density at radius 2 is 1.95 bits per heavy atom. The lowest BCUT2D eigenvalue weighted by molar-refractivity contribution is -0.119. The van der Waals surface area contributed by atoms with Crippen LogP contribution in [0.15, 0.2) is 18.2 Å². The molecule has 2 rings (SSSR count). The third-order valence-corrected chi connectivity index (χ3v) is 3.64. The van der Waals surface area contributed by atoms with Crippen LogP contribution >= 0.6 is 0 Å². The predicted molar refractivity (Wildman–Crippen MR) is 77.4 cm³/mol. The van der Waals surface area contributed by atoms with Gasteiger partial charge in [-0.2, -0.15) is 0 Å². The van der Waals surface area contributed by atoms with E-state index in [-0.39, 0.29) is 41.3 Å². The van der Waals surface area contributed by atoms with Crippen LogP contribution in [0, 0.1) is 0 Å². The Morgan fingerprint density at radius 3 is 2.52 bits per heavy atom. The summed E-state index contributed by atoms with van der Waals surface area (Å²) in [5.74, 6) is -0.475. The van der Waals surface area contributed by atoms with Gasteiger partial charge in [0.1, 0.15) is 11.5 Å². The van der Waals surface area contributed by atoms with Gasteiger partial charge in [0, 0.05) is 32.1 Å². The van der Waals surface area contributed by atoms with Crippen molar-refractivity contribution in [3.8, 4) is 11.5 Å². The highest BCUT2D eigenvalue weighted by molar-refractivity contribution is 6.00. The van der Waals surface area contributed by atoms with Gasteiger partial charge in [0.25, 0.3) is 0 Å². The molecule has 0 unspecified atom stereocenters. The molecule has 0 atom stereocenters. The maximum absolute atomic E-state index is 12.2. The molecule has 0 aliphatic carbocycles. The average molecular weight is 292 g/mol. The number of aromatic hydroxyl groups is 2. The van der Waals surface area contributed by atoms with Crippen molar-refractivity contribution < 1.29 is 19.8 Å². The van der Waals surface area contributed by atoms with Gasteiger partial charge in [0.15, 0.2) is 5.78 Å². The molecule has 1 aliphatic heterocycles. The van der Waals surface area contributed by atoms with Crippen LogP contribution in [0.25, 0.3) is 0 Å². The lowest BCUT2D eigenvalue weighted by Gasteiger charge is -2.31. The Bertz CT molecular complexity index is 536. The molecule has 6 heteroatoms.